The van der Waals surface area contributed by atoms with Gasteiger partial charge in [0.2, 0.25) is 11.8 Å². The van der Waals surface area contributed by atoms with Crippen LogP contribution in [0.25, 0.3) is 0 Å². The van der Waals surface area contributed by atoms with Crippen LogP contribution in [0.1, 0.15) is 18.9 Å². The van der Waals surface area contributed by atoms with Gasteiger partial charge in [0.05, 0.1) is 6.54 Å². The fraction of sp³-hybridized carbons (Fsp3) is 0.429. The Morgan fingerprint density at radius 1 is 1.32 bits per heavy atom. The summed E-state index contributed by atoms with van der Waals surface area (Å²) in [5.74, 6) is -0.689. The molecular weight excluding hydrogens is 244 g/mol. The van der Waals surface area contributed by atoms with Crippen molar-refractivity contribution in [2.24, 2.45) is 0 Å². The topological polar surface area (TPSA) is 69.6 Å². The summed E-state index contributed by atoms with van der Waals surface area (Å²) in [6.07, 6.45) is 0.739. The Labute approximate surface area is 113 Å². The third-order valence-corrected chi connectivity index (χ3v) is 2.74. The van der Waals surface area contributed by atoms with Gasteiger partial charge in [-0.2, -0.15) is 0 Å². The van der Waals surface area contributed by atoms with E-state index in [1.54, 1.807) is 0 Å². The van der Waals surface area contributed by atoms with Crippen LogP contribution in [0.5, 0.6) is 0 Å². The number of anilines is 1. The Balaban J connectivity index is 2.63. The first kappa shape index (κ1) is 15.2. The summed E-state index contributed by atoms with van der Waals surface area (Å²) in [5, 5.41) is 11.6. The van der Waals surface area contributed by atoms with E-state index in [0.717, 1.165) is 17.7 Å². The number of benzene rings is 1. The summed E-state index contributed by atoms with van der Waals surface area (Å²) >= 11 is 0. The molecule has 5 heteroatoms. The molecule has 0 radical (unpaired) electrons. The van der Waals surface area contributed by atoms with Crippen molar-refractivity contribution in [2.45, 2.75) is 20.3 Å². The van der Waals surface area contributed by atoms with Crippen LogP contribution >= 0.6 is 0 Å². The molecule has 19 heavy (non-hydrogen) atoms. The van der Waals surface area contributed by atoms with E-state index in [4.69, 9.17) is 5.11 Å². The molecule has 5 nitrogen and oxygen atoms in total. The molecule has 0 atom stereocenters. The number of hydrogen-bond acceptors (Lipinski definition) is 3. The minimum atomic E-state index is -0.572. The largest absolute Gasteiger partial charge is 0.387 e. The Morgan fingerprint density at radius 2 is 2.00 bits per heavy atom. The molecule has 0 unspecified atom stereocenters. The molecule has 104 valence electrons. The van der Waals surface area contributed by atoms with Gasteiger partial charge in [0.15, 0.2) is 0 Å². The summed E-state index contributed by atoms with van der Waals surface area (Å²) in [6.45, 7) is 3.66. The van der Waals surface area contributed by atoms with Gasteiger partial charge in [-0.15, -0.1) is 0 Å². The van der Waals surface area contributed by atoms with Crippen LogP contribution in [0.4, 0.5) is 5.69 Å². The van der Waals surface area contributed by atoms with Crippen molar-refractivity contribution in [2.75, 3.05) is 25.0 Å². The van der Waals surface area contributed by atoms with E-state index >= 15 is 0 Å². The van der Waals surface area contributed by atoms with Crippen LogP contribution in [-0.4, -0.2) is 41.5 Å². The predicted molar refractivity (Wildman–Crippen MR) is 73.8 cm³/mol. The maximum Gasteiger partial charge on any atom is 0.248 e. The lowest BCUT2D eigenvalue weighted by Crippen LogP contribution is -2.40. The predicted octanol–water partition coefficient (Wildman–Crippen LogP) is 1.16. The van der Waals surface area contributed by atoms with Gasteiger partial charge in [0, 0.05) is 12.2 Å². The Morgan fingerprint density at radius 3 is 2.58 bits per heavy atom. The standard InChI is InChI=1S/C14H20N2O3/c1-3-8-16(14(19)10-17)9-13(18)15-12-7-5-4-6-11(12)2/h4-7,17H,3,8-10H2,1-2H3,(H,15,18). The summed E-state index contributed by atoms with van der Waals surface area (Å²) < 4.78 is 0. The average molecular weight is 264 g/mol. The molecule has 0 aliphatic carbocycles. The Hall–Kier alpha value is -1.88. The number of amides is 2. The Kier molecular flexibility index (Phi) is 6.02. The van der Waals surface area contributed by atoms with E-state index in [-0.39, 0.29) is 12.5 Å². The lowest BCUT2D eigenvalue weighted by atomic mass is 10.2. The molecule has 0 aliphatic heterocycles. The van der Waals surface area contributed by atoms with Crippen molar-refractivity contribution in [1.29, 1.82) is 0 Å². The van der Waals surface area contributed by atoms with E-state index in [1.165, 1.54) is 4.90 Å². The quantitative estimate of drug-likeness (QED) is 0.810. The van der Waals surface area contributed by atoms with E-state index in [0.29, 0.717) is 6.54 Å². The molecule has 1 rings (SSSR count). The smallest absolute Gasteiger partial charge is 0.248 e. The number of nitrogens with zero attached hydrogens (tertiary/aromatic N) is 1. The monoisotopic (exact) mass is 264 g/mol. The van der Waals surface area contributed by atoms with Gasteiger partial charge >= 0.3 is 0 Å². The molecule has 0 bridgehead atoms. The maximum atomic E-state index is 11.9. The average Bonchev–Trinajstić information content (AvgIpc) is 2.40. The minimum absolute atomic E-state index is 0.0401. The number of rotatable bonds is 6. The second kappa shape index (κ2) is 7.53. The van der Waals surface area contributed by atoms with Crippen LogP contribution in [0.15, 0.2) is 24.3 Å². The first-order chi connectivity index (χ1) is 9.08. The second-order valence-corrected chi connectivity index (χ2v) is 4.34. The molecular formula is C14H20N2O3. The molecule has 0 aliphatic rings. The summed E-state index contributed by atoms with van der Waals surface area (Å²) in [6, 6.07) is 7.44. The fourth-order valence-electron chi connectivity index (χ4n) is 1.74. The third kappa shape index (κ3) is 4.71. The number of carbonyl (C=O) groups is 2. The molecule has 2 amide bonds. The number of carbonyl (C=O) groups excluding carboxylic acids is 2. The summed E-state index contributed by atoms with van der Waals surface area (Å²) in [7, 11) is 0. The molecule has 0 saturated heterocycles. The van der Waals surface area contributed by atoms with Gasteiger partial charge in [-0.05, 0) is 25.0 Å². The lowest BCUT2D eigenvalue weighted by molar-refractivity contribution is -0.137. The van der Waals surface area contributed by atoms with Crippen molar-refractivity contribution in [3.05, 3.63) is 29.8 Å². The molecule has 0 fully saturated rings. The van der Waals surface area contributed by atoms with Crippen LogP contribution in [0.2, 0.25) is 0 Å². The zero-order valence-corrected chi connectivity index (χ0v) is 11.3. The first-order valence-corrected chi connectivity index (χ1v) is 6.32. The summed E-state index contributed by atoms with van der Waals surface area (Å²) in [4.78, 5) is 24.7. The highest BCUT2D eigenvalue weighted by atomic mass is 16.3. The van der Waals surface area contributed by atoms with Crippen LogP contribution in [0.3, 0.4) is 0 Å². The second-order valence-electron chi connectivity index (χ2n) is 4.34. The normalized spacial score (nSPS) is 10.1. The molecule has 0 spiro atoms. The van der Waals surface area contributed by atoms with Crippen LogP contribution < -0.4 is 5.32 Å². The number of aryl methyl sites for hydroxylation is 1. The fourth-order valence-corrected chi connectivity index (χ4v) is 1.74. The summed E-state index contributed by atoms with van der Waals surface area (Å²) in [5.41, 5.74) is 1.70. The highest BCUT2D eigenvalue weighted by molar-refractivity contribution is 5.95. The zero-order chi connectivity index (χ0) is 14.3. The van der Waals surface area contributed by atoms with Gasteiger partial charge in [-0.25, -0.2) is 0 Å². The zero-order valence-electron chi connectivity index (χ0n) is 11.3. The Bertz CT molecular complexity index is 446. The van der Waals surface area contributed by atoms with E-state index in [2.05, 4.69) is 5.32 Å². The lowest BCUT2D eigenvalue weighted by Gasteiger charge is -2.20. The number of aliphatic hydroxyl groups excluding tert-OH is 1. The van der Waals surface area contributed by atoms with E-state index in [9.17, 15) is 9.59 Å². The molecule has 0 heterocycles. The number of nitrogens with one attached hydrogen (secondary N) is 1. The number of aliphatic hydroxyl groups is 1. The third-order valence-electron chi connectivity index (χ3n) is 2.74. The molecule has 0 saturated carbocycles. The van der Waals surface area contributed by atoms with Crippen molar-refractivity contribution in [1.82, 2.24) is 4.90 Å². The molecule has 1 aromatic carbocycles. The van der Waals surface area contributed by atoms with E-state index < -0.39 is 12.5 Å². The molecule has 0 aromatic heterocycles. The minimum Gasteiger partial charge on any atom is -0.387 e. The highest BCUT2D eigenvalue weighted by Crippen LogP contribution is 2.12. The van der Waals surface area contributed by atoms with E-state index in [1.807, 2.05) is 38.1 Å². The van der Waals surface area contributed by atoms with Gasteiger partial charge < -0.3 is 15.3 Å². The maximum absolute atomic E-state index is 11.9. The van der Waals surface area contributed by atoms with Gasteiger partial charge in [0.25, 0.3) is 0 Å². The highest BCUT2D eigenvalue weighted by Gasteiger charge is 2.15. The van der Waals surface area contributed by atoms with Gasteiger partial charge in [0.1, 0.15) is 6.61 Å². The van der Waals surface area contributed by atoms with Crippen molar-refractivity contribution < 1.29 is 14.7 Å². The van der Waals surface area contributed by atoms with Crippen molar-refractivity contribution >= 4 is 17.5 Å². The molecule has 2 N–H and O–H groups in total. The first-order valence-electron chi connectivity index (χ1n) is 6.32. The van der Waals surface area contributed by atoms with Crippen molar-refractivity contribution in [3.63, 3.8) is 0 Å². The van der Waals surface area contributed by atoms with Crippen LogP contribution in [-0.2, 0) is 9.59 Å². The van der Waals surface area contributed by atoms with Crippen molar-refractivity contribution in [3.8, 4) is 0 Å². The SMILES string of the molecule is CCCN(CC(=O)Nc1ccccc1C)C(=O)CO. The molecule has 1 aromatic rings. The number of hydrogen-bond donors (Lipinski definition) is 2. The van der Waals surface area contributed by atoms with Gasteiger partial charge in [-0.3, -0.25) is 9.59 Å². The van der Waals surface area contributed by atoms with Gasteiger partial charge in [-0.1, -0.05) is 25.1 Å². The van der Waals surface area contributed by atoms with Crippen LogP contribution in [0, 0.1) is 6.92 Å². The number of para-hydroxylation sites is 1.